The summed E-state index contributed by atoms with van der Waals surface area (Å²) in [6.45, 7) is 5.85. The highest BCUT2D eigenvalue weighted by Crippen LogP contribution is 2.17. The van der Waals surface area contributed by atoms with Crippen LogP contribution < -0.4 is 16.2 Å². The number of nitrogens with one attached hydrogen (secondary N) is 2. The van der Waals surface area contributed by atoms with E-state index in [9.17, 15) is 9.59 Å². The molecule has 1 aliphatic rings. The van der Waals surface area contributed by atoms with Gasteiger partial charge in [0.05, 0.1) is 5.39 Å². The molecule has 1 heterocycles. The first-order chi connectivity index (χ1) is 13.6. The Morgan fingerprint density at radius 2 is 1.76 bits per heavy atom. The molecule has 2 N–H and O–H groups in total. The van der Waals surface area contributed by atoms with Crippen molar-refractivity contribution in [1.82, 2.24) is 20.4 Å². The SMILES string of the molecule is CC(C)Cn1nc(C(=O)NCCNC2CCCCCC2)c2ccccc2c1=O.Cl. The van der Waals surface area contributed by atoms with Gasteiger partial charge < -0.3 is 10.6 Å². The second-order valence-corrected chi connectivity index (χ2v) is 8.17. The van der Waals surface area contributed by atoms with Crippen LogP contribution in [0.25, 0.3) is 10.8 Å². The molecule has 0 spiro atoms. The molecule has 3 rings (SSSR count). The zero-order chi connectivity index (χ0) is 19.9. The Labute approximate surface area is 178 Å². The third-order valence-electron chi connectivity index (χ3n) is 5.32. The monoisotopic (exact) mass is 420 g/mol. The maximum atomic E-state index is 12.8. The first kappa shape index (κ1) is 23.4. The van der Waals surface area contributed by atoms with Gasteiger partial charge in [0, 0.05) is 31.1 Å². The third-order valence-corrected chi connectivity index (χ3v) is 5.32. The molecular formula is C22H33ClN4O2. The molecule has 2 aromatic rings. The van der Waals surface area contributed by atoms with Crippen LogP contribution in [-0.4, -0.2) is 34.8 Å². The van der Waals surface area contributed by atoms with E-state index >= 15 is 0 Å². The van der Waals surface area contributed by atoms with Crippen molar-refractivity contribution in [1.29, 1.82) is 0 Å². The highest BCUT2D eigenvalue weighted by molar-refractivity contribution is 6.04. The van der Waals surface area contributed by atoms with Crippen LogP contribution in [0.15, 0.2) is 29.1 Å². The van der Waals surface area contributed by atoms with E-state index in [2.05, 4.69) is 15.7 Å². The van der Waals surface area contributed by atoms with E-state index < -0.39 is 0 Å². The summed E-state index contributed by atoms with van der Waals surface area (Å²) in [5.74, 6) is 0.0439. The summed E-state index contributed by atoms with van der Waals surface area (Å²) in [4.78, 5) is 25.5. The summed E-state index contributed by atoms with van der Waals surface area (Å²) in [5, 5.41) is 12.1. The smallest absolute Gasteiger partial charge is 0.274 e. The van der Waals surface area contributed by atoms with Crippen LogP contribution in [0.4, 0.5) is 0 Å². The van der Waals surface area contributed by atoms with E-state index in [4.69, 9.17) is 0 Å². The van der Waals surface area contributed by atoms with Crippen molar-refractivity contribution >= 4 is 29.1 Å². The van der Waals surface area contributed by atoms with Gasteiger partial charge in [-0.2, -0.15) is 5.10 Å². The van der Waals surface area contributed by atoms with Crippen LogP contribution in [0, 0.1) is 5.92 Å². The van der Waals surface area contributed by atoms with Crippen molar-refractivity contribution in [3.63, 3.8) is 0 Å². The normalized spacial score (nSPS) is 15.1. The fraction of sp³-hybridized carbons (Fsp3) is 0.591. The predicted molar refractivity (Wildman–Crippen MR) is 120 cm³/mol. The van der Waals surface area contributed by atoms with E-state index in [0.29, 0.717) is 35.6 Å². The second-order valence-electron chi connectivity index (χ2n) is 8.17. The van der Waals surface area contributed by atoms with Crippen LogP contribution in [-0.2, 0) is 6.54 Å². The van der Waals surface area contributed by atoms with Gasteiger partial charge in [0.25, 0.3) is 11.5 Å². The molecule has 1 aromatic carbocycles. The molecular weight excluding hydrogens is 388 g/mol. The summed E-state index contributed by atoms with van der Waals surface area (Å²) < 4.78 is 1.42. The Bertz CT molecular complexity index is 858. The summed E-state index contributed by atoms with van der Waals surface area (Å²) in [5.41, 5.74) is 0.182. The summed E-state index contributed by atoms with van der Waals surface area (Å²) >= 11 is 0. The van der Waals surface area contributed by atoms with Gasteiger partial charge in [-0.3, -0.25) is 9.59 Å². The molecule has 6 nitrogen and oxygen atoms in total. The molecule has 0 radical (unpaired) electrons. The van der Waals surface area contributed by atoms with E-state index in [1.54, 1.807) is 12.1 Å². The number of carbonyl (C=O) groups is 1. The van der Waals surface area contributed by atoms with Crippen molar-refractivity contribution in [3.05, 3.63) is 40.3 Å². The zero-order valence-electron chi connectivity index (χ0n) is 17.4. The van der Waals surface area contributed by atoms with Crippen molar-refractivity contribution in [3.8, 4) is 0 Å². The predicted octanol–water partition coefficient (Wildman–Crippen LogP) is 3.52. The van der Waals surface area contributed by atoms with Gasteiger partial charge in [-0.1, -0.05) is 57.7 Å². The minimum Gasteiger partial charge on any atom is -0.349 e. The number of halogens is 1. The van der Waals surface area contributed by atoms with Crippen molar-refractivity contribution in [2.75, 3.05) is 13.1 Å². The third kappa shape index (κ3) is 6.28. The highest BCUT2D eigenvalue weighted by Gasteiger charge is 2.17. The Morgan fingerprint density at radius 3 is 2.41 bits per heavy atom. The van der Waals surface area contributed by atoms with Crippen molar-refractivity contribution in [2.24, 2.45) is 5.92 Å². The maximum absolute atomic E-state index is 12.8. The van der Waals surface area contributed by atoms with Crippen molar-refractivity contribution in [2.45, 2.75) is 65.0 Å². The van der Waals surface area contributed by atoms with Crippen LogP contribution in [0.3, 0.4) is 0 Å². The molecule has 1 saturated carbocycles. The maximum Gasteiger partial charge on any atom is 0.274 e. The standard InChI is InChI=1S/C22H32N4O2.ClH/c1-16(2)15-26-22(28)19-12-8-7-11-18(19)20(25-26)21(27)24-14-13-23-17-9-5-3-4-6-10-17;/h7-8,11-12,16-17,23H,3-6,9-10,13-15H2,1-2H3,(H,24,27);1H. The van der Waals surface area contributed by atoms with Crippen LogP contribution in [0.2, 0.25) is 0 Å². The van der Waals surface area contributed by atoms with E-state index in [1.165, 1.54) is 43.2 Å². The average molecular weight is 421 g/mol. The number of aromatic nitrogens is 2. The molecule has 1 amide bonds. The Balaban J connectivity index is 0.00000300. The molecule has 160 valence electrons. The molecule has 29 heavy (non-hydrogen) atoms. The minimum atomic E-state index is -0.226. The zero-order valence-corrected chi connectivity index (χ0v) is 18.3. The van der Waals surface area contributed by atoms with Gasteiger partial charge in [-0.25, -0.2) is 4.68 Å². The van der Waals surface area contributed by atoms with Gasteiger partial charge >= 0.3 is 0 Å². The van der Waals surface area contributed by atoms with Gasteiger partial charge in [-0.05, 0) is 24.8 Å². The number of rotatable bonds is 7. The molecule has 1 aliphatic carbocycles. The van der Waals surface area contributed by atoms with E-state index in [0.717, 1.165) is 6.54 Å². The summed E-state index contributed by atoms with van der Waals surface area (Å²) in [6.07, 6.45) is 7.69. The number of benzene rings is 1. The van der Waals surface area contributed by atoms with Gasteiger partial charge in [-0.15, -0.1) is 12.4 Å². The molecule has 1 fully saturated rings. The van der Waals surface area contributed by atoms with Crippen LogP contribution >= 0.6 is 12.4 Å². The molecule has 0 atom stereocenters. The number of amides is 1. The average Bonchev–Trinajstić information content (AvgIpc) is 2.96. The van der Waals surface area contributed by atoms with E-state index in [1.807, 2.05) is 26.0 Å². The molecule has 7 heteroatoms. The van der Waals surface area contributed by atoms with Crippen LogP contribution in [0.5, 0.6) is 0 Å². The number of nitrogens with zero attached hydrogens (tertiary/aromatic N) is 2. The highest BCUT2D eigenvalue weighted by atomic mass is 35.5. The first-order valence-corrected chi connectivity index (χ1v) is 10.6. The van der Waals surface area contributed by atoms with Crippen LogP contribution in [0.1, 0.15) is 62.9 Å². The van der Waals surface area contributed by atoms with Crippen molar-refractivity contribution < 1.29 is 4.79 Å². The molecule has 1 aromatic heterocycles. The number of hydrogen-bond donors (Lipinski definition) is 2. The Morgan fingerprint density at radius 1 is 1.10 bits per heavy atom. The molecule has 0 bridgehead atoms. The lowest BCUT2D eigenvalue weighted by atomic mass is 10.1. The van der Waals surface area contributed by atoms with E-state index in [-0.39, 0.29) is 29.8 Å². The lowest BCUT2D eigenvalue weighted by Crippen LogP contribution is -2.38. The Hall–Kier alpha value is -1.92. The molecule has 0 unspecified atom stereocenters. The lowest BCUT2D eigenvalue weighted by Gasteiger charge is -2.16. The summed E-state index contributed by atoms with van der Waals surface area (Å²) in [6, 6.07) is 7.77. The minimum absolute atomic E-state index is 0. The Kier molecular flexibility index (Phi) is 9.11. The number of carbonyl (C=O) groups excluding carboxylic acids is 1. The fourth-order valence-electron chi connectivity index (χ4n) is 3.89. The van der Waals surface area contributed by atoms with Gasteiger partial charge in [0.1, 0.15) is 0 Å². The summed E-state index contributed by atoms with van der Waals surface area (Å²) in [7, 11) is 0. The topological polar surface area (TPSA) is 76.0 Å². The second kappa shape index (κ2) is 11.3. The number of fused-ring (bicyclic) bond motifs is 1. The first-order valence-electron chi connectivity index (χ1n) is 10.6. The molecule has 0 saturated heterocycles. The lowest BCUT2D eigenvalue weighted by molar-refractivity contribution is 0.0947. The fourth-order valence-corrected chi connectivity index (χ4v) is 3.89. The number of hydrogen-bond acceptors (Lipinski definition) is 4. The molecule has 0 aliphatic heterocycles. The van der Waals surface area contributed by atoms with Gasteiger partial charge in [0.15, 0.2) is 5.69 Å². The van der Waals surface area contributed by atoms with Gasteiger partial charge in [0.2, 0.25) is 0 Å². The largest absolute Gasteiger partial charge is 0.349 e. The quantitative estimate of drug-likeness (QED) is 0.530.